The molecule has 26 heavy (non-hydrogen) atoms. The first-order valence-electron chi connectivity index (χ1n) is 9.22. The normalized spacial score (nSPS) is 11.7. The molecular formula is C22H29NO3. The molecular weight excluding hydrogens is 326 g/mol. The van der Waals surface area contributed by atoms with Gasteiger partial charge in [-0.1, -0.05) is 50.2 Å². The van der Waals surface area contributed by atoms with Crippen molar-refractivity contribution in [3.05, 3.63) is 59.7 Å². The maximum Gasteiger partial charge on any atom is 0.222 e. The molecule has 0 fully saturated rings. The van der Waals surface area contributed by atoms with Crippen LogP contribution in [0.2, 0.25) is 0 Å². The van der Waals surface area contributed by atoms with Crippen LogP contribution < -0.4 is 9.47 Å². The van der Waals surface area contributed by atoms with Crippen LogP contribution in [0.25, 0.3) is 0 Å². The Balaban J connectivity index is 2.12. The fourth-order valence-corrected chi connectivity index (χ4v) is 2.77. The molecule has 0 spiro atoms. The summed E-state index contributed by atoms with van der Waals surface area (Å²) in [5, 5.41) is 0. The lowest BCUT2D eigenvalue weighted by Gasteiger charge is -2.28. The van der Waals surface area contributed by atoms with Gasteiger partial charge in [0.1, 0.15) is 6.61 Å². The van der Waals surface area contributed by atoms with Crippen molar-refractivity contribution in [1.82, 2.24) is 4.90 Å². The minimum atomic E-state index is 0.169. The van der Waals surface area contributed by atoms with Gasteiger partial charge in [-0.15, -0.1) is 0 Å². The van der Waals surface area contributed by atoms with Crippen LogP contribution in [0.1, 0.15) is 44.7 Å². The highest BCUT2D eigenvalue weighted by atomic mass is 16.5. The Morgan fingerprint density at radius 1 is 1.04 bits per heavy atom. The largest absolute Gasteiger partial charge is 0.493 e. The maximum atomic E-state index is 12.3. The second-order valence-corrected chi connectivity index (χ2v) is 6.39. The van der Waals surface area contributed by atoms with Gasteiger partial charge in [0.25, 0.3) is 0 Å². The number of ether oxygens (including phenoxy) is 2. The van der Waals surface area contributed by atoms with Gasteiger partial charge in [0.2, 0.25) is 5.91 Å². The number of carbonyl (C=O) groups is 1. The number of nitrogens with zero attached hydrogens (tertiary/aromatic N) is 1. The van der Waals surface area contributed by atoms with Crippen LogP contribution in [0, 0.1) is 0 Å². The molecule has 4 heteroatoms. The summed E-state index contributed by atoms with van der Waals surface area (Å²) in [6, 6.07) is 16.1. The van der Waals surface area contributed by atoms with E-state index in [0.29, 0.717) is 31.1 Å². The first-order chi connectivity index (χ1) is 12.6. The van der Waals surface area contributed by atoms with E-state index < -0.39 is 0 Å². The molecule has 0 aliphatic heterocycles. The van der Waals surface area contributed by atoms with Gasteiger partial charge >= 0.3 is 0 Å². The van der Waals surface area contributed by atoms with E-state index in [1.807, 2.05) is 60.4 Å². The number of rotatable bonds is 9. The molecule has 140 valence electrons. The maximum absolute atomic E-state index is 12.3. The van der Waals surface area contributed by atoms with Gasteiger partial charge in [-0.25, -0.2) is 0 Å². The number of carbonyl (C=O) groups excluding carboxylic acids is 1. The zero-order valence-electron chi connectivity index (χ0n) is 16.2. The van der Waals surface area contributed by atoms with Crippen molar-refractivity contribution in [2.24, 2.45) is 0 Å². The van der Waals surface area contributed by atoms with Crippen molar-refractivity contribution in [2.45, 2.75) is 52.8 Å². The molecule has 0 bridgehead atoms. The molecule has 2 aromatic rings. The number of benzene rings is 2. The van der Waals surface area contributed by atoms with Crippen LogP contribution in [-0.4, -0.2) is 24.0 Å². The zero-order valence-corrected chi connectivity index (χ0v) is 16.2. The molecule has 1 atom stereocenters. The van der Waals surface area contributed by atoms with Crippen LogP contribution in [0.3, 0.4) is 0 Å². The van der Waals surface area contributed by atoms with E-state index in [4.69, 9.17) is 9.47 Å². The highest BCUT2D eigenvalue weighted by Crippen LogP contribution is 2.29. The van der Waals surface area contributed by atoms with E-state index in [0.717, 1.165) is 17.5 Å². The van der Waals surface area contributed by atoms with Crippen molar-refractivity contribution >= 4 is 5.91 Å². The molecule has 0 aliphatic carbocycles. The Morgan fingerprint density at radius 2 is 1.77 bits per heavy atom. The summed E-state index contributed by atoms with van der Waals surface area (Å²) in [5.41, 5.74) is 2.14. The molecule has 0 saturated carbocycles. The Morgan fingerprint density at radius 3 is 2.38 bits per heavy atom. The fourth-order valence-electron chi connectivity index (χ4n) is 2.77. The highest BCUT2D eigenvalue weighted by Gasteiger charge is 2.18. The lowest BCUT2D eigenvalue weighted by molar-refractivity contribution is -0.133. The Hall–Kier alpha value is -2.49. The second kappa shape index (κ2) is 9.85. The lowest BCUT2D eigenvalue weighted by Crippen LogP contribution is -2.37. The lowest BCUT2D eigenvalue weighted by atomic mass is 10.1. The molecule has 0 N–H and O–H groups in total. The first kappa shape index (κ1) is 19.8. The molecule has 2 aromatic carbocycles. The molecule has 0 aromatic heterocycles. The van der Waals surface area contributed by atoms with Gasteiger partial charge in [-0.3, -0.25) is 4.79 Å². The summed E-state index contributed by atoms with van der Waals surface area (Å²) < 4.78 is 11.4. The topological polar surface area (TPSA) is 38.8 Å². The Labute approximate surface area is 156 Å². The third-order valence-electron chi connectivity index (χ3n) is 4.56. The third kappa shape index (κ3) is 5.25. The number of methoxy groups -OCH3 is 1. The SMILES string of the molecule is CCC(=O)N(Cc1ccc(OCc2ccccc2)c(OC)c1)C(C)CC. The Bertz CT molecular complexity index is 700. The summed E-state index contributed by atoms with van der Waals surface area (Å²) in [6.07, 6.45) is 1.45. The summed E-state index contributed by atoms with van der Waals surface area (Å²) in [6.45, 7) is 7.16. The van der Waals surface area contributed by atoms with Crippen molar-refractivity contribution in [2.75, 3.05) is 7.11 Å². The molecule has 0 saturated heterocycles. The summed E-state index contributed by atoms with van der Waals surface area (Å²) >= 11 is 0. The fraction of sp³-hybridized carbons (Fsp3) is 0.409. The van der Waals surface area contributed by atoms with Gasteiger partial charge in [0, 0.05) is 19.0 Å². The Kier molecular flexibility index (Phi) is 7.52. The quantitative estimate of drug-likeness (QED) is 0.648. The molecule has 4 nitrogen and oxygen atoms in total. The van der Waals surface area contributed by atoms with Gasteiger partial charge < -0.3 is 14.4 Å². The van der Waals surface area contributed by atoms with Gasteiger partial charge in [0.15, 0.2) is 11.5 Å². The molecule has 0 heterocycles. The van der Waals surface area contributed by atoms with Crippen LogP contribution in [0.15, 0.2) is 48.5 Å². The highest BCUT2D eigenvalue weighted by molar-refractivity contribution is 5.76. The minimum absolute atomic E-state index is 0.169. The van der Waals surface area contributed by atoms with Crippen molar-refractivity contribution in [1.29, 1.82) is 0 Å². The minimum Gasteiger partial charge on any atom is -0.493 e. The van der Waals surface area contributed by atoms with Crippen molar-refractivity contribution in [3.63, 3.8) is 0 Å². The monoisotopic (exact) mass is 355 g/mol. The van der Waals surface area contributed by atoms with E-state index in [1.54, 1.807) is 7.11 Å². The number of hydrogen-bond donors (Lipinski definition) is 0. The van der Waals surface area contributed by atoms with E-state index in [9.17, 15) is 4.79 Å². The molecule has 0 aliphatic rings. The van der Waals surface area contributed by atoms with Crippen LogP contribution in [-0.2, 0) is 17.9 Å². The molecule has 1 unspecified atom stereocenters. The number of hydrogen-bond acceptors (Lipinski definition) is 3. The second-order valence-electron chi connectivity index (χ2n) is 6.39. The summed E-state index contributed by atoms with van der Waals surface area (Å²) in [7, 11) is 1.64. The smallest absolute Gasteiger partial charge is 0.222 e. The average molecular weight is 355 g/mol. The van der Waals surface area contributed by atoms with E-state index in [-0.39, 0.29) is 11.9 Å². The molecule has 1 amide bonds. The van der Waals surface area contributed by atoms with Gasteiger partial charge in [-0.05, 0) is 36.6 Å². The average Bonchev–Trinajstić information content (AvgIpc) is 2.70. The van der Waals surface area contributed by atoms with E-state index in [1.165, 1.54) is 0 Å². The van der Waals surface area contributed by atoms with Crippen LogP contribution in [0.4, 0.5) is 0 Å². The summed E-state index contributed by atoms with van der Waals surface area (Å²) in [4.78, 5) is 14.2. The van der Waals surface area contributed by atoms with Crippen molar-refractivity contribution in [3.8, 4) is 11.5 Å². The van der Waals surface area contributed by atoms with Crippen LogP contribution >= 0.6 is 0 Å². The van der Waals surface area contributed by atoms with E-state index >= 15 is 0 Å². The zero-order chi connectivity index (χ0) is 18.9. The third-order valence-corrected chi connectivity index (χ3v) is 4.56. The predicted octanol–water partition coefficient (Wildman–Crippen LogP) is 4.81. The van der Waals surface area contributed by atoms with Gasteiger partial charge in [-0.2, -0.15) is 0 Å². The van der Waals surface area contributed by atoms with Crippen molar-refractivity contribution < 1.29 is 14.3 Å². The summed E-state index contributed by atoms with van der Waals surface area (Å²) in [5.74, 6) is 1.56. The first-order valence-corrected chi connectivity index (χ1v) is 9.22. The van der Waals surface area contributed by atoms with Gasteiger partial charge in [0.05, 0.1) is 7.11 Å². The standard InChI is InChI=1S/C22H29NO3/c1-5-17(3)23(22(24)6-2)15-19-12-13-20(21(14-19)25-4)26-16-18-10-8-7-9-11-18/h7-14,17H,5-6,15-16H2,1-4H3. The molecule has 2 rings (SSSR count). The number of amides is 1. The van der Waals surface area contributed by atoms with Crippen LogP contribution in [0.5, 0.6) is 11.5 Å². The predicted molar refractivity (Wildman–Crippen MR) is 104 cm³/mol. The molecule has 0 radical (unpaired) electrons. The van der Waals surface area contributed by atoms with E-state index in [2.05, 4.69) is 13.8 Å².